The fourth-order valence-electron chi connectivity index (χ4n) is 1.32. The number of hydrogen-bond donors (Lipinski definition) is 3. The minimum Gasteiger partial charge on any atom is -0.368 e. The van der Waals surface area contributed by atoms with Crippen molar-refractivity contribution < 1.29 is 0 Å². The van der Waals surface area contributed by atoms with Crippen molar-refractivity contribution in [3.05, 3.63) is 33.6 Å². The highest BCUT2D eigenvalue weighted by molar-refractivity contribution is 7.09. The van der Waals surface area contributed by atoms with E-state index in [2.05, 4.69) is 32.2 Å². The van der Waals surface area contributed by atoms with Crippen molar-refractivity contribution >= 4 is 34.7 Å². The Morgan fingerprint density at radius 2 is 2.35 bits per heavy atom. The summed E-state index contributed by atoms with van der Waals surface area (Å²) in [5, 5.41) is 5.69. The van der Waals surface area contributed by atoms with E-state index in [1.54, 1.807) is 11.3 Å². The average Bonchev–Trinajstić information content (AvgIpc) is 2.84. The van der Waals surface area contributed by atoms with Gasteiger partial charge in [-0.3, -0.25) is 5.43 Å². The fraction of sp³-hybridized carbons (Fsp3) is 0.200. The molecule has 0 amide bonds. The predicted octanol–water partition coefficient (Wildman–Crippen LogP) is 2.13. The van der Waals surface area contributed by atoms with Crippen molar-refractivity contribution in [3.63, 3.8) is 0 Å². The average molecular weight is 270 g/mol. The smallest absolute Gasteiger partial charge is 0.239 e. The van der Waals surface area contributed by atoms with Crippen molar-refractivity contribution in [2.45, 2.75) is 6.42 Å². The van der Waals surface area contributed by atoms with Gasteiger partial charge >= 0.3 is 0 Å². The van der Waals surface area contributed by atoms with Crippen LogP contribution >= 0.6 is 22.9 Å². The van der Waals surface area contributed by atoms with Crippen LogP contribution in [0, 0.1) is 0 Å². The van der Waals surface area contributed by atoms with Crippen molar-refractivity contribution in [1.29, 1.82) is 0 Å². The first-order chi connectivity index (χ1) is 8.29. The van der Waals surface area contributed by atoms with Crippen LogP contribution in [-0.4, -0.2) is 16.5 Å². The molecule has 17 heavy (non-hydrogen) atoms. The Labute approximate surface area is 108 Å². The Morgan fingerprint density at radius 3 is 3.06 bits per heavy atom. The summed E-state index contributed by atoms with van der Waals surface area (Å²) in [7, 11) is 0. The molecule has 0 saturated carbocycles. The topological polar surface area (TPSA) is 75.9 Å². The molecule has 0 radical (unpaired) electrons. The number of nitrogen functional groups attached to an aromatic ring is 1. The van der Waals surface area contributed by atoms with E-state index in [0.29, 0.717) is 16.8 Å². The molecule has 5 nitrogen and oxygen atoms in total. The molecule has 0 unspecified atom stereocenters. The lowest BCUT2D eigenvalue weighted by Gasteiger charge is -2.07. The zero-order valence-corrected chi connectivity index (χ0v) is 10.6. The second-order valence-corrected chi connectivity index (χ2v) is 4.73. The molecule has 90 valence electrons. The maximum atomic E-state index is 5.96. The molecule has 7 heteroatoms. The van der Waals surface area contributed by atoms with Crippen LogP contribution in [0.5, 0.6) is 0 Å². The Bertz CT molecular complexity index is 474. The van der Waals surface area contributed by atoms with Gasteiger partial charge in [0.1, 0.15) is 5.02 Å². The molecule has 0 fully saturated rings. The first kappa shape index (κ1) is 12.1. The lowest BCUT2D eigenvalue weighted by Crippen LogP contribution is -2.13. The summed E-state index contributed by atoms with van der Waals surface area (Å²) in [5.74, 6) is 6.16. The predicted molar refractivity (Wildman–Crippen MR) is 71.4 cm³/mol. The molecule has 0 saturated heterocycles. The number of rotatable bonds is 5. The standard InChI is InChI=1S/C10H12ClN5S/c11-8-6-14-10(16-12)15-9(8)13-4-3-7-2-1-5-17-7/h1-2,5-6H,3-4,12H2,(H2,13,14,15,16). The Hall–Kier alpha value is -1.37. The summed E-state index contributed by atoms with van der Waals surface area (Å²) in [6, 6.07) is 4.13. The Kier molecular flexibility index (Phi) is 4.13. The second kappa shape index (κ2) is 5.81. The highest BCUT2D eigenvalue weighted by atomic mass is 35.5. The van der Waals surface area contributed by atoms with E-state index in [4.69, 9.17) is 17.4 Å². The molecule has 0 atom stereocenters. The molecule has 0 bridgehead atoms. The number of hydrazine groups is 1. The number of nitrogens with zero attached hydrogens (tertiary/aromatic N) is 2. The van der Waals surface area contributed by atoms with Gasteiger partial charge in [0.15, 0.2) is 5.82 Å². The van der Waals surface area contributed by atoms with Crippen molar-refractivity contribution in [1.82, 2.24) is 9.97 Å². The van der Waals surface area contributed by atoms with E-state index in [0.717, 1.165) is 13.0 Å². The van der Waals surface area contributed by atoms with E-state index in [1.165, 1.54) is 11.1 Å². The van der Waals surface area contributed by atoms with Crippen LogP contribution in [0.4, 0.5) is 11.8 Å². The summed E-state index contributed by atoms with van der Waals surface area (Å²) in [6.07, 6.45) is 2.45. The third kappa shape index (κ3) is 3.29. The van der Waals surface area contributed by atoms with Gasteiger partial charge in [-0.1, -0.05) is 17.7 Å². The largest absolute Gasteiger partial charge is 0.368 e. The SMILES string of the molecule is NNc1ncc(Cl)c(NCCc2cccs2)n1. The maximum Gasteiger partial charge on any atom is 0.239 e. The molecule has 0 aromatic carbocycles. The van der Waals surface area contributed by atoms with Crippen LogP contribution in [0.3, 0.4) is 0 Å². The summed E-state index contributed by atoms with van der Waals surface area (Å²) >= 11 is 7.69. The van der Waals surface area contributed by atoms with Gasteiger partial charge in [0.05, 0.1) is 6.20 Å². The second-order valence-electron chi connectivity index (χ2n) is 3.29. The molecule has 2 heterocycles. The summed E-state index contributed by atoms with van der Waals surface area (Å²) in [5.41, 5.74) is 2.38. The third-order valence-corrected chi connectivity index (χ3v) is 3.33. The highest BCUT2D eigenvalue weighted by Gasteiger charge is 2.04. The van der Waals surface area contributed by atoms with Crippen LogP contribution in [0.25, 0.3) is 0 Å². The van der Waals surface area contributed by atoms with E-state index in [-0.39, 0.29) is 0 Å². The van der Waals surface area contributed by atoms with E-state index in [9.17, 15) is 0 Å². The van der Waals surface area contributed by atoms with Gasteiger partial charge in [-0.05, 0) is 17.9 Å². The monoisotopic (exact) mass is 269 g/mol. The molecule has 4 N–H and O–H groups in total. The molecule has 2 aromatic rings. The van der Waals surface area contributed by atoms with Gasteiger partial charge in [0, 0.05) is 11.4 Å². The van der Waals surface area contributed by atoms with Crippen molar-refractivity contribution in [2.24, 2.45) is 5.84 Å². The van der Waals surface area contributed by atoms with Gasteiger partial charge < -0.3 is 5.32 Å². The van der Waals surface area contributed by atoms with Crippen LogP contribution in [0.2, 0.25) is 5.02 Å². The minimum absolute atomic E-state index is 0.341. The summed E-state index contributed by atoms with van der Waals surface area (Å²) in [6.45, 7) is 0.765. The van der Waals surface area contributed by atoms with Gasteiger partial charge in [0.2, 0.25) is 5.95 Å². The third-order valence-electron chi connectivity index (χ3n) is 2.12. The number of halogens is 1. The Balaban J connectivity index is 1.94. The number of hydrogen-bond acceptors (Lipinski definition) is 6. The van der Waals surface area contributed by atoms with E-state index < -0.39 is 0 Å². The van der Waals surface area contributed by atoms with Gasteiger partial charge in [-0.15, -0.1) is 11.3 Å². The van der Waals surface area contributed by atoms with Crippen LogP contribution < -0.4 is 16.6 Å². The molecule has 0 aliphatic carbocycles. The molecule has 2 aromatic heterocycles. The zero-order valence-electron chi connectivity index (χ0n) is 8.98. The minimum atomic E-state index is 0.341. The highest BCUT2D eigenvalue weighted by Crippen LogP contribution is 2.19. The van der Waals surface area contributed by atoms with Crippen molar-refractivity contribution in [3.8, 4) is 0 Å². The van der Waals surface area contributed by atoms with Crippen LogP contribution in [-0.2, 0) is 6.42 Å². The normalized spacial score (nSPS) is 10.2. The molecule has 0 spiro atoms. The van der Waals surface area contributed by atoms with Gasteiger partial charge in [-0.25, -0.2) is 10.8 Å². The number of anilines is 2. The lowest BCUT2D eigenvalue weighted by atomic mass is 10.3. The maximum absolute atomic E-state index is 5.96. The van der Waals surface area contributed by atoms with Crippen molar-refractivity contribution in [2.75, 3.05) is 17.3 Å². The summed E-state index contributed by atoms with van der Waals surface area (Å²) < 4.78 is 0. The van der Waals surface area contributed by atoms with Crippen LogP contribution in [0.1, 0.15) is 4.88 Å². The molecular formula is C10H12ClN5S. The molecule has 2 rings (SSSR count). The van der Waals surface area contributed by atoms with E-state index in [1.807, 2.05) is 6.07 Å². The zero-order chi connectivity index (χ0) is 12.1. The summed E-state index contributed by atoms with van der Waals surface area (Å²) in [4.78, 5) is 9.34. The van der Waals surface area contributed by atoms with E-state index >= 15 is 0 Å². The van der Waals surface area contributed by atoms with Gasteiger partial charge in [-0.2, -0.15) is 4.98 Å². The lowest BCUT2D eigenvalue weighted by molar-refractivity contribution is 1.01. The molecular weight excluding hydrogens is 258 g/mol. The number of aromatic nitrogens is 2. The quantitative estimate of drug-likeness (QED) is 0.573. The fourth-order valence-corrected chi connectivity index (χ4v) is 2.19. The van der Waals surface area contributed by atoms with Crippen LogP contribution in [0.15, 0.2) is 23.7 Å². The number of thiophene rings is 1. The molecule has 0 aliphatic rings. The van der Waals surface area contributed by atoms with Gasteiger partial charge in [0.25, 0.3) is 0 Å². The first-order valence-corrected chi connectivity index (χ1v) is 6.31. The number of nitrogens with two attached hydrogens (primary N) is 1. The Morgan fingerprint density at radius 1 is 1.47 bits per heavy atom. The first-order valence-electron chi connectivity index (χ1n) is 5.05. The number of nitrogens with one attached hydrogen (secondary N) is 2. The molecule has 0 aliphatic heterocycles.